The third-order valence-corrected chi connectivity index (χ3v) is 1.88. The van der Waals surface area contributed by atoms with Gasteiger partial charge >= 0.3 is 0 Å². The standard InChI is InChI=1S/C8H15NO.CH2O2/c1-8(2,3)9-6-4-5-7(9)10;2-1-3/h4-6H2,1-3H3;1H,(H,2,3). The Balaban J connectivity index is 0.000000424. The van der Waals surface area contributed by atoms with Crippen LogP contribution in [0.4, 0.5) is 0 Å². The number of amides is 1. The first-order chi connectivity index (χ1) is 5.93. The van der Waals surface area contributed by atoms with Gasteiger partial charge in [-0.25, -0.2) is 0 Å². The van der Waals surface area contributed by atoms with Crippen LogP contribution in [0.15, 0.2) is 0 Å². The Morgan fingerprint density at radius 2 is 1.92 bits per heavy atom. The topological polar surface area (TPSA) is 57.6 Å². The number of rotatable bonds is 0. The highest BCUT2D eigenvalue weighted by Crippen LogP contribution is 2.20. The van der Waals surface area contributed by atoms with Crippen LogP contribution in [-0.4, -0.2) is 34.5 Å². The van der Waals surface area contributed by atoms with E-state index in [1.54, 1.807) is 0 Å². The number of likely N-dealkylation sites (tertiary alicyclic amines) is 1. The monoisotopic (exact) mass is 187 g/mol. The van der Waals surface area contributed by atoms with Gasteiger partial charge in [0.25, 0.3) is 6.47 Å². The van der Waals surface area contributed by atoms with Crippen molar-refractivity contribution in [1.82, 2.24) is 4.90 Å². The van der Waals surface area contributed by atoms with Crippen LogP contribution in [0.25, 0.3) is 0 Å². The molecule has 76 valence electrons. The fraction of sp³-hybridized carbons (Fsp3) is 0.778. The molecule has 0 unspecified atom stereocenters. The van der Waals surface area contributed by atoms with E-state index in [2.05, 4.69) is 20.8 Å². The molecule has 1 fully saturated rings. The summed E-state index contributed by atoms with van der Waals surface area (Å²) in [5.41, 5.74) is 0.0353. The maximum Gasteiger partial charge on any atom is 0.290 e. The summed E-state index contributed by atoms with van der Waals surface area (Å²) in [5, 5.41) is 6.89. The number of hydrogen-bond acceptors (Lipinski definition) is 2. The van der Waals surface area contributed by atoms with Gasteiger partial charge in [-0.15, -0.1) is 0 Å². The van der Waals surface area contributed by atoms with Gasteiger partial charge in [-0.1, -0.05) is 0 Å². The molecule has 1 rings (SSSR count). The molecule has 0 bridgehead atoms. The van der Waals surface area contributed by atoms with Crippen molar-refractivity contribution in [2.75, 3.05) is 6.54 Å². The minimum atomic E-state index is -0.250. The quantitative estimate of drug-likeness (QED) is 0.578. The Kier molecular flexibility index (Phi) is 4.45. The molecule has 0 atom stereocenters. The van der Waals surface area contributed by atoms with Crippen molar-refractivity contribution < 1.29 is 14.7 Å². The van der Waals surface area contributed by atoms with Crippen molar-refractivity contribution >= 4 is 12.4 Å². The van der Waals surface area contributed by atoms with Crippen molar-refractivity contribution in [2.24, 2.45) is 0 Å². The molecule has 13 heavy (non-hydrogen) atoms. The summed E-state index contributed by atoms with van der Waals surface area (Å²) >= 11 is 0. The molecule has 1 amide bonds. The van der Waals surface area contributed by atoms with Gasteiger partial charge in [0, 0.05) is 18.5 Å². The van der Waals surface area contributed by atoms with Crippen LogP contribution in [0.5, 0.6) is 0 Å². The Hall–Kier alpha value is -1.06. The van der Waals surface area contributed by atoms with Crippen LogP contribution in [0.3, 0.4) is 0 Å². The van der Waals surface area contributed by atoms with Gasteiger partial charge in [-0.2, -0.15) is 0 Å². The van der Waals surface area contributed by atoms with Crippen molar-refractivity contribution in [1.29, 1.82) is 0 Å². The number of carboxylic acid groups (broad SMARTS) is 1. The Bertz CT molecular complexity index is 184. The Morgan fingerprint density at radius 1 is 1.46 bits per heavy atom. The maximum absolute atomic E-state index is 11.1. The predicted molar refractivity (Wildman–Crippen MR) is 49.4 cm³/mol. The zero-order chi connectivity index (χ0) is 10.5. The lowest BCUT2D eigenvalue weighted by Crippen LogP contribution is -2.41. The molecule has 4 heteroatoms. The smallest absolute Gasteiger partial charge is 0.290 e. The Morgan fingerprint density at radius 3 is 2.08 bits per heavy atom. The average Bonchev–Trinajstić information content (AvgIpc) is 2.35. The zero-order valence-electron chi connectivity index (χ0n) is 8.41. The highest BCUT2D eigenvalue weighted by Gasteiger charge is 2.29. The van der Waals surface area contributed by atoms with E-state index in [0.717, 1.165) is 19.4 Å². The molecular formula is C9H17NO3. The number of hydrogen-bond donors (Lipinski definition) is 1. The first-order valence-electron chi connectivity index (χ1n) is 4.32. The van der Waals surface area contributed by atoms with E-state index in [4.69, 9.17) is 9.90 Å². The van der Waals surface area contributed by atoms with Gasteiger partial charge in [0.1, 0.15) is 0 Å². The third-order valence-electron chi connectivity index (χ3n) is 1.88. The SMILES string of the molecule is CC(C)(C)N1CCCC1=O.O=CO. The summed E-state index contributed by atoms with van der Waals surface area (Å²) < 4.78 is 0. The minimum Gasteiger partial charge on any atom is -0.483 e. The van der Waals surface area contributed by atoms with Crippen molar-refractivity contribution in [2.45, 2.75) is 39.2 Å². The fourth-order valence-electron chi connectivity index (χ4n) is 1.36. The average molecular weight is 187 g/mol. The molecule has 1 aliphatic rings. The minimum absolute atomic E-state index is 0.0353. The number of carbonyl (C=O) groups excluding carboxylic acids is 1. The summed E-state index contributed by atoms with van der Waals surface area (Å²) in [6, 6.07) is 0. The van der Waals surface area contributed by atoms with Gasteiger partial charge in [0.2, 0.25) is 5.91 Å². The largest absolute Gasteiger partial charge is 0.483 e. The highest BCUT2D eigenvalue weighted by molar-refractivity contribution is 5.78. The molecule has 1 heterocycles. The predicted octanol–water partition coefficient (Wildman–Crippen LogP) is 1.11. The molecule has 0 aromatic rings. The van der Waals surface area contributed by atoms with E-state index in [1.807, 2.05) is 4.90 Å². The molecule has 1 N–H and O–H groups in total. The molecule has 1 saturated heterocycles. The van der Waals surface area contributed by atoms with Crippen LogP contribution >= 0.6 is 0 Å². The molecule has 0 spiro atoms. The van der Waals surface area contributed by atoms with E-state index in [0.29, 0.717) is 5.91 Å². The lowest BCUT2D eigenvalue weighted by Gasteiger charge is -2.31. The van der Waals surface area contributed by atoms with Crippen LogP contribution < -0.4 is 0 Å². The first kappa shape index (κ1) is 11.9. The lowest BCUT2D eigenvalue weighted by molar-refractivity contribution is -0.131. The van der Waals surface area contributed by atoms with Gasteiger partial charge in [0.15, 0.2) is 0 Å². The van der Waals surface area contributed by atoms with Gasteiger partial charge in [0.05, 0.1) is 0 Å². The second-order valence-electron chi connectivity index (χ2n) is 3.93. The zero-order valence-corrected chi connectivity index (χ0v) is 8.41. The second-order valence-corrected chi connectivity index (χ2v) is 3.93. The summed E-state index contributed by atoms with van der Waals surface area (Å²) in [7, 11) is 0. The first-order valence-corrected chi connectivity index (χ1v) is 4.32. The lowest BCUT2D eigenvalue weighted by atomic mass is 10.1. The van der Waals surface area contributed by atoms with Crippen LogP contribution in [-0.2, 0) is 9.59 Å². The van der Waals surface area contributed by atoms with E-state index in [1.165, 1.54) is 0 Å². The normalized spacial score (nSPS) is 16.5. The summed E-state index contributed by atoms with van der Waals surface area (Å²) in [6.45, 7) is 6.94. The molecular weight excluding hydrogens is 170 g/mol. The van der Waals surface area contributed by atoms with Gasteiger partial charge in [-0.05, 0) is 27.2 Å². The van der Waals surface area contributed by atoms with E-state index >= 15 is 0 Å². The Labute approximate surface area is 78.5 Å². The molecule has 0 saturated carbocycles. The van der Waals surface area contributed by atoms with Crippen molar-refractivity contribution in [3.05, 3.63) is 0 Å². The highest BCUT2D eigenvalue weighted by atomic mass is 16.3. The molecule has 0 radical (unpaired) electrons. The molecule has 0 aliphatic carbocycles. The van der Waals surface area contributed by atoms with Gasteiger partial charge < -0.3 is 10.0 Å². The molecule has 1 aliphatic heterocycles. The summed E-state index contributed by atoms with van der Waals surface area (Å²) in [4.78, 5) is 21.5. The van der Waals surface area contributed by atoms with Crippen molar-refractivity contribution in [3.63, 3.8) is 0 Å². The molecule has 0 aromatic carbocycles. The van der Waals surface area contributed by atoms with Crippen LogP contribution in [0.1, 0.15) is 33.6 Å². The molecule has 0 aromatic heterocycles. The third kappa shape index (κ3) is 3.92. The van der Waals surface area contributed by atoms with E-state index in [9.17, 15) is 4.79 Å². The summed E-state index contributed by atoms with van der Waals surface area (Å²) in [5.74, 6) is 0.313. The maximum atomic E-state index is 11.1. The van der Waals surface area contributed by atoms with Crippen molar-refractivity contribution in [3.8, 4) is 0 Å². The van der Waals surface area contributed by atoms with Crippen LogP contribution in [0, 0.1) is 0 Å². The van der Waals surface area contributed by atoms with E-state index < -0.39 is 0 Å². The second kappa shape index (κ2) is 4.84. The van der Waals surface area contributed by atoms with Crippen LogP contribution in [0.2, 0.25) is 0 Å². The summed E-state index contributed by atoms with van der Waals surface area (Å²) in [6.07, 6.45) is 1.79. The van der Waals surface area contributed by atoms with E-state index in [-0.39, 0.29) is 12.0 Å². The fourth-order valence-corrected chi connectivity index (χ4v) is 1.36. The number of carbonyl (C=O) groups is 2. The van der Waals surface area contributed by atoms with Gasteiger partial charge in [-0.3, -0.25) is 9.59 Å². The molecule has 4 nitrogen and oxygen atoms in total. The number of nitrogens with zero attached hydrogens (tertiary/aromatic N) is 1.